The molecule has 0 bridgehead atoms. The van der Waals surface area contributed by atoms with E-state index in [1.165, 1.54) is 6.33 Å². The second kappa shape index (κ2) is 6.46. The summed E-state index contributed by atoms with van der Waals surface area (Å²) in [4.78, 5) is 4.13. The lowest BCUT2D eigenvalue weighted by Gasteiger charge is -2.18. The van der Waals surface area contributed by atoms with Crippen LogP contribution in [-0.2, 0) is 6.42 Å². The predicted octanol–water partition coefficient (Wildman–Crippen LogP) is 2.54. The number of nitrogens with zero attached hydrogens (tertiary/aromatic N) is 3. The molecule has 0 spiro atoms. The second-order valence-electron chi connectivity index (χ2n) is 4.93. The van der Waals surface area contributed by atoms with Crippen LogP contribution in [0.1, 0.15) is 37.3 Å². The minimum atomic E-state index is -0.696. The summed E-state index contributed by atoms with van der Waals surface area (Å²) < 4.78 is 29.2. The van der Waals surface area contributed by atoms with Gasteiger partial charge in [0.15, 0.2) is 0 Å². The van der Waals surface area contributed by atoms with Crippen LogP contribution in [0.4, 0.5) is 8.78 Å². The van der Waals surface area contributed by atoms with Crippen molar-refractivity contribution >= 4 is 11.6 Å². The first-order valence-corrected chi connectivity index (χ1v) is 6.80. The fourth-order valence-corrected chi connectivity index (χ4v) is 2.25. The van der Waals surface area contributed by atoms with Crippen molar-refractivity contribution < 1.29 is 8.78 Å². The number of hydrazine groups is 1. The van der Waals surface area contributed by atoms with Gasteiger partial charge in [0, 0.05) is 18.0 Å². The summed E-state index contributed by atoms with van der Waals surface area (Å²) >= 11 is 5.55. The van der Waals surface area contributed by atoms with Crippen LogP contribution in [0.25, 0.3) is 0 Å². The normalized spacial score (nSPS) is 12.9. The fourth-order valence-electron chi connectivity index (χ4n) is 2.10. The highest BCUT2D eigenvalue weighted by Crippen LogP contribution is 2.25. The lowest BCUT2D eigenvalue weighted by Crippen LogP contribution is -2.31. The Morgan fingerprint density at radius 1 is 1.33 bits per heavy atom. The quantitative estimate of drug-likeness (QED) is 0.505. The Bertz CT molecular complexity index is 629. The molecule has 0 saturated heterocycles. The molecule has 5 nitrogen and oxygen atoms in total. The number of hydrogen-bond acceptors (Lipinski definition) is 4. The van der Waals surface area contributed by atoms with Gasteiger partial charge in [0.05, 0.1) is 11.1 Å². The summed E-state index contributed by atoms with van der Waals surface area (Å²) in [7, 11) is 0. The van der Waals surface area contributed by atoms with Crippen molar-refractivity contribution in [1.82, 2.24) is 20.2 Å². The maximum Gasteiger partial charge on any atom is 0.142 e. The highest BCUT2D eigenvalue weighted by molar-refractivity contribution is 6.30. The lowest BCUT2D eigenvalue weighted by molar-refractivity contribution is 0.455. The number of halogens is 3. The van der Waals surface area contributed by atoms with Gasteiger partial charge in [0.2, 0.25) is 0 Å². The van der Waals surface area contributed by atoms with Crippen LogP contribution in [0.2, 0.25) is 5.02 Å². The minimum Gasteiger partial charge on any atom is -0.271 e. The van der Waals surface area contributed by atoms with E-state index in [1.54, 1.807) is 4.68 Å². The van der Waals surface area contributed by atoms with Crippen LogP contribution < -0.4 is 11.3 Å². The molecule has 2 rings (SSSR count). The van der Waals surface area contributed by atoms with Gasteiger partial charge in [-0.15, -0.1) is 0 Å². The van der Waals surface area contributed by atoms with Gasteiger partial charge in [-0.05, 0) is 26.0 Å². The average Bonchev–Trinajstić information content (AvgIpc) is 2.89. The van der Waals surface area contributed by atoms with Gasteiger partial charge in [-0.3, -0.25) is 11.3 Å². The third kappa shape index (κ3) is 3.37. The number of benzene rings is 1. The van der Waals surface area contributed by atoms with Crippen molar-refractivity contribution in [3.05, 3.63) is 46.5 Å². The molecular formula is C13H16ClF2N5. The van der Waals surface area contributed by atoms with Crippen molar-refractivity contribution in [3.8, 4) is 0 Å². The van der Waals surface area contributed by atoms with E-state index >= 15 is 0 Å². The fraction of sp³-hybridized carbons (Fsp3) is 0.385. The van der Waals surface area contributed by atoms with Gasteiger partial charge in [0.1, 0.15) is 23.8 Å². The topological polar surface area (TPSA) is 68.8 Å². The van der Waals surface area contributed by atoms with Crippen LogP contribution in [-0.4, -0.2) is 14.8 Å². The largest absolute Gasteiger partial charge is 0.271 e. The predicted molar refractivity (Wildman–Crippen MR) is 75.5 cm³/mol. The summed E-state index contributed by atoms with van der Waals surface area (Å²) in [6.07, 6.45) is 1.69. The summed E-state index contributed by atoms with van der Waals surface area (Å²) in [6, 6.07) is 1.44. The molecule has 1 aromatic heterocycles. The molecule has 0 aliphatic carbocycles. The molecule has 8 heteroatoms. The van der Waals surface area contributed by atoms with E-state index in [9.17, 15) is 8.78 Å². The van der Waals surface area contributed by atoms with Gasteiger partial charge in [-0.1, -0.05) is 11.6 Å². The van der Waals surface area contributed by atoms with Crippen LogP contribution in [0.15, 0.2) is 18.5 Å². The SMILES string of the molecule is CC(C)n1ncnc1CC(NN)c1cc(F)c(Cl)cc1F. The Balaban J connectivity index is 2.32. The molecule has 1 unspecified atom stereocenters. The molecule has 0 radical (unpaired) electrons. The van der Waals surface area contributed by atoms with E-state index in [0.717, 1.165) is 12.1 Å². The third-order valence-electron chi connectivity index (χ3n) is 3.14. The van der Waals surface area contributed by atoms with Crippen molar-refractivity contribution in [3.63, 3.8) is 0 Å². The Morgan fingerprint density at radius 2 is 2.05 bits per heavy atom. The van der Waals surface area contributed by atoms with Crippen molar-refractivity contribution in [2.24, 2.45) is 5.84 Å². The molecule has 1 atom stereocenters. The highest BCUT2D eigenvalue weighted by atomic mass is 35.5. The van der Waals surface area contributed by atoms with Crippen LogP contribution >= 0.6 is 11.6 Å². The van der Waals surface area contributed by atoms with Gasteiger partial charge in [-0.2, -0.15) is 5.10 Å². The summed E-state index contributed by atoms with van der Waals surface area (Å²) in [5.74, 6) is 4.78. The molecule has 1 aromatic carbocycles. The Hall–Kier alpha value is -1.57. The number of rotatable bonds is 5. The molecule has 0 amide bonds. The molecule has 2 aromatic rings. The van der Waals surface area contributed by atoms with Gasteiger partial charge < -0.3 is 0 Å². The molecule has 114 valence electrons. The molecule has 0 saturated carbocycles. The monoisotopic (exact) mass is 315 g/mol. The van der Waals surface area contributed by atoms with Gasteiger partial charge in [-0.25, -0.2) is 18.4 Å². The third-order valence-corrected chi connectivity index (χ3v) is 3.43. The van der Waals surface area contributed by atoms with E-state index in [-0.39, 0.29) is 23.0 Å². The van der Waals surface area contributed by atoms with Crippen LogP contribution in [0, 0.1) is 11.6 Å². The van der Waals surface area contributed by atoms with E-state index < -0.39 is 17.7 Å². The highest BCUT2D eigenvalue weighted by Gasteiger charge is 2.20. The first kappa shape index (κ1) is 15.8. The van der Waals surface area contributed by atoms with Crippen LogP contribution in [0.3, 0.4) is 0 Å². The smallest absolute Gasteiger partial charge is 0.142 e. The molecule has 0 aliphatic heterocycles. The van der Waals surface area contributed by atoms with E-state index in [1.807, 2.05) is 13.8 Å². The Kier molecular flexibility index (Phi) is 4.87. The average molecular weight is 316 g/mol. The second-order valence-corrected chi connectivity index (χ2v) is 5.33. The number of nitrogens with one attached hydrogen (secondary N) is 1. The zero-order valence-electron chi connectivity index (χ0n) is 11.6. The molecule has 0 fully saturated rings. The standard InChI is InChI=1S/C13H16ClF2N5/c1-7(2)21-13(18-6-19-21)5-12(20-17)8-3-11(16)9(14)4-10(8)15/h3-4,6-7,12,20H,5,17H2,1-2H3. The van der Waals surface area contributed by atoms with Gasteiger partial charge in [0.25, 0.3) is 0 Å². The van der Waals surface area contributed by atoms with Crippen molar-refractivity contribution in [1.29, 1.82) is 0 Å². The first-order valence-electron chi connectivity index (χ1n) is 6.43. The zero-order chi connectivity index (χ0) is 15.6. The summed E-state index contributed by atoms with van der Waals surface area (Å²) in [5.41, 5.74) is 2.57. The van der Waals surface area contributed by atoms with Gasteiger partial charge >= 0.3 is 0 Å². The minimum absolute atomic E-state index is 0.0951. The first-order chi connectivity index (χ1) is 9.93. The lowest BCUT2D eigenvalue weighted by atomic mass is 10.0. The molecular weight excluding hydrogens is 300 g/mol. The molecule has 21 heavy (non-hydrogen) atoms. The van der Waals surface area contributed by atoms with Crippen molar-refractivity contribution in [2.75, 3.05) is 0 Å². The zero-order valence-corrected chi connectivity index (χ0v) is 12.4. The van der Waals surface area contributed by atoms with Crippen LogP contribution in [0.5, 0.6) is 0 Å². The summed E-state index contributed by atoms with van der Waals surface area (Å²) in [5, 5.41) is 3.83. The molecule has 0 aliphatic rings. The Morgan fingerprint density at radius 3 is 2.67 bits per heavy atom. The van der Waals surface area contributed by atoms with E-state index in [4.69, 9.17) is 17.4 Å². The summed E-state index contributed by atoms with van der Waals surface area (Å²) in [6.45, 7) is 3.90. The molecule has 3 N–H and O–H groups in total. The maximum absolute atomic E-state index is 14.0. The van der Waals surface area contributed by atoms with E-state index in [0.29, 0.717) is 5.82 Å². The van der Waals surface area contributed by atoms with E-state index in [2.05, 4.69) is 15.5 Å². The number of hydrogen-bond donors (Lipinski definition) is 2. The molecule has 1 heterocycles. The Labute approximate surface area is 126 Å². The maximum atomic E-state index is 14.0. The number of nitrogens with two attached hydrogens (primary N) is 1. The number of aromatic nitrogens is 3. The van der Waals surface area contributed by atoms with Crippen molar-refractivity contribution in [2.45, 2.75) is 32.4 Å².